The second kappa shape index (κ2) is 4.60. The van der Waals surface area contributed by atoms with Crippen LogP contribution in [-0.4, -0.2) is 17.6 Å². The van der Waals surface area contributed by atoms with Crippen molar-refractivity contribution in [2.75, 3.05) is 6.54 Å². The van der Waals surface area contributed by atoms with Gasteiger partial charge in [-0.05, 0) is 55.2 Å². The van der Waals surface area contributed by atoms with Crippen LogP contribution >= 0.6 is 0 Å². The van der Waals surface area contributed by atoms with Crippen molar-refractivity contribution in [1.29, 1.82) is 0 Å². The number of halogens is 1. The molecular weight excluding hydrogens is 245 g/mol. The van der Waals surface area contributed by atoms with E-state index in [9.17, 15) is 9.18 Å². The molecular formula is C15H18FNO2. The number of carboxylic acid groups (broad SMARTS) is 1. The van der Waals surface area contributed by atoms with Gasteiger partial charge in [0.15, 0.2) is 0 Å². The maximum absolute atomic E-state index is 13.6. The van der Waals surface area contributed by atoms with Gasteiger partial charge in [-0.1, -0.05) is 0 Å². The molecule has 0 bridgehead atoms. The molecule has 0 aromatic heterocycles. The average Bonchev–Trinajstić information content (AvgIpc) is 3.25. The van der Waals surface area contributed by atoms with E-state index in [-0.39, 0.29) is 11.4 Å². The fourth-order valence-electron chi connectivity index (χ4n) is 2.87. The summed E-state index contributed by atoms with van der Waals surface area (Å²) in [5, 5.41) is 12.2. The van der Waals surface area contributed by atoms with E-state index in [0.29, 0.717) is 17.5 Å². The van der Waals surface area contributed by atoms with Gasteiger partial charge in [-0.3, -0.25) is 0 Å². The highest BCUT2D eigenvalue weighted by molar-refractivity contribution is 5.87. The zero-order valence-electron chi connectivity index (χ0n) is 10.8. The normalized spacial score (nSPS) is 20.3. The lowest BCUT2D eigenvalue weighted by atomic mass is 10.0. The second-order valence-electron chi connectivity index (χ2n) is 5.85. The number of aromatic carboxylic acids is 1. The maximum Gasteiger partial charge on any atom is 0.335 e. The number of benzene rings is 1. The van der Waals surface area contributed by atoms with E-state index in [4.69, 9.17) is 5.11 Å². The van der Waals surface area contributed by atoms with Crippen LogP contribution in [0.3, 0.4) is 0 Å². The molecule has 0 amide bonds. The van der Waals surface area contributed by atoms with Crippen LogP contribution < -0.4 is 5.32 Å². The molecule has 19 heavy (non-hydrogen) atoms. The van der Waals surface area contributed by atoms with Crippen molar-refractivity contribution in [1.82, 2.24) is 5.32 Å². The van der Waals surface area contributed by atoms with Gasteiger partial charge >= 0.3 is 5.97 Å². The van der Waals surface area contributed by atoms with Crippen molar-refractivity contribution in [3.63, 3.8) is 0 Å². The molecule has 2 aliphatic carbocycles. The summed E-state index contributed by atoms with van der Waals surface area (Å²) in [7, 11) is 0. The van der Waals surface area contributed by atoms with Gasteiger partial charge in [0.05, 0.1) is 5.56 Å². The predicted octanol–water partition coefficient (Wildman–Crippen LogP) is 2.80. The monoisotopic (exact) mass is 263 g/mol. The van der Waals surface area contributed by atoms with Crippen molar-refractivity contribution in [3.8, 4) is 0 Å². The topological polar surface area (TPSA) is 49.3 Å². The van der Waals surface area contributed by atoms with Crippen LogP contribution in [0.25, 0.3) is 0 Å². The summed E-state index contributed by atoms with van der Waals surface area (Å²) in [4.78, 5) is 10.9. The van der Waals surface area contributed by atoms with Gasteiger partial charge in [-0.25, -0.2) is 9.18 Å². The molecule has 0 atom stereocenters. The summed E-state index contributed by atoms with van der Waals surface area (Å²) in [6.07, 6.45) is 5.24. The first kappa shape index (κ1) is 12.6. The first-order valence-corrected chi connectivity index (χ1v) is 6.83. The Morgan fingerprint density at radius 1 is 1.42 bits per heavy atom. The van der Waals surface area contributed by atoms with Gasteiger partial charge in [-0.2, -0.15) is 0 Å². The minimum Gasteiger partial charge on any atom is -0.478 e. The van der Waals surface area contributed by atoms with Crippen LogP contribution in [0.1, 0.15) is 41.6 Å². The molecule has 0 heterocycles. The van der Waals surface area contributed by atoms with Crippen molar-refractivity contribution < 1.29 is 14.3 Å². The van der Waals surface area contributed by atoms with E-state index in [0.717, 1.165) is 12.5 Å². The Morgan fingerprint density at radius 3 is 2.74 bits per heavy atom. The Morgan fingerprint density at radius 2 is 2.16 bits per heavy atom. The minimum atomic E-state index is -1.02. The molecule has 0 unspecified atom stereocenters. The highest BCUT2D eigenvalue weighted by Gasteiger charge is 2.53. The average molecular weight is 263 g/mol. The molecule has 2 aliphatic rings. The van der Waals surface area contributed by atoms with E-state index >= 15 is 0 Å². The third-order valence-electron chi connectivity index (χ3n) is 4.42. The SMILES string of the molecule is O=C(O)c1ccc(F)c(CNCC2(C3CC3)CC2)c1. The van der Waals surface area contributed by atoms with E-state index in [1.807, 2.05) is 0 Å². The first-order valence-electron chi connectivity index (χ1n) is 6.83. The lowest BCUT2D eigenvalue weighted by Crippen LogP contribution is -2.25. The number of carboxylic acids is 1. The minimum absolute atomic E-state index is 0.140. The molecule has 1 aromatic carbocycles. The van der Waals surface area contributed by atoms with Crippen LogP contribution in [0.4, 0.5) is 4.39 Å². The van der Waals surface area contributed by atoms with Crippen LogP contribution in [0, 0.1) is 17.2 Å². The third kappa shape index (κ3) is 2.63. The highest BCUT2D eigenvalue weighted by Crippen LogP contribution is 2.60. The summed E-state index contributed by atoms with van der Waals surface area (Å²) in [5.74, 6) is -0.484. The Labute approximate surface area is 111 Å². The van der Waals surface area contributed by atoms with E-state index in [2.05, 4.69) is 5.32 Å². The Bertz CT molecular complexity index is 507. The number of hydrogen-bond acceptors (Lipinski definition) is 2. The number of nitrogens with one attached hydrogen (secondary N) is 1. The quantitative estimate of drug-likeness (QED) is 0.829. The lowest BCUT2D eigenvalue weighted by molar-refractivity contribution is 0.0696. The van der Waals surface area contributed by atoms with Crippen molar-refractivity contribution in [2.45, 2.75) is 32.2 Å². The molecule has 0 aliphatic heterocycles. The van der Waals surface area contributed by atoms with Gasteiger partial charge in [0.1, 0.15) is 5.82 Å². The number of carbonyl (C=O) groups is 1. The molecule has 3 nitrogen and oxygen atoms in total. The van der Waals surface area contributed by atoms with Crippen LogP contribution in [0.2, 0.25) is 0 Å². The van der Waals surface area contributed by atoms with Crippen molar-refractivity contribution >= 4 is 5.97 Å². The molecule has 102 valence electrons. The molecule has 2 saturated carbocycles. The van der Waals surface area contributed by atoms with Crippen molar-refractivity contribution in [3.05, 3.63) is 35.1 Å². The fraction of sp³-hybridized carbons (Fsp3) is 0.533. The van der Waals surface area contributed by atoms with E-state index < -0.39 is 5.97 Å². The van der Waals surface area contributed by atoms with E-state index in [1.165, 1.54) is 43.9 Å². The molecule has 3 rings (SSSR count). The summed E-state index contributed by atoms with van der Waals surface area (Å²) in [6, 6.07) is 3.95. The standard InChI is InChI=1S/C15H18FNO2/c16-13-4-1-10(14(18)19)7-11(13)8-17-9-15(5-6-15)12-2-3-12/h1,4,7,12,17H,2-3,5-6,8-9H2,(H,18,19). The highest BCUT2D eigenvalue weighted by atomic mass is 19.1. The van der Waals surface area contributed by atoms with Crippen LogP contribution in [0.15, 0.2) is 18.2 Å². The molecule has 0 saturated heterocycles. The third-order valence-corrected chi connectivity index (χ3v) is 4.42. The zero-order valence-corrected chi connectivity index (χ0v) is 10.8. The van der Waals surface area contributed by atoms with Crippen LogP contribution in [-0.2, 0) is 6.54 Å². The number of hydrogen-bond donors (Lipinski definition) is 2. The molecule has 2 fully saturated rings. The Hall–Kier alpha value is -1.42. The van der Waals surface area contributed by atoms with E-state index in [1.54, 1.807) is 0 Å². The summed E-state index contributed by atoms with van der Waals surface area (Å²) in [5.41, 5.74) is 1.05. The summed E-state index contributed by atoms with van der Waals surface area (Å²) in [6.45, 7) is 1.33. The largest absolute Gasteiger partial charge is 0.478 e. The molecule has 0 radical (unpaired) electrons. The Balaban J connectivity index is 1.60. The Kier molecular flexibility index (Phi) is 3.05. The van der Waals surface area contributed by atoms with Gasteiger partial charge < -0.3 is 10.4 Å². The van der Waals surface area contributed by atoms with Gasteiger partial charge in [0.2, 0.25) is 0 Å². The maximum atomic E-state index is 13.6. The summed E-state index contributed by atoms with van der Waals surface area (Å²) >= 11 is 0. The van der Waals surface area contributed by atoms with Gasteiger partial charge in [0, 0.05) is 18.7 Å². The lowest BCUT2D eigenvalue weighted by Gasteiger charge is -2.15. The number of rotatable bonds is 6. The molecule has 1 aromatic rings. The molecule has 2 N–H and O–H groups in total. The zero-order chi connectivity index (χ0) is 13.5. The first-order chi connectivity index (χ1) is 9.11. The predicted molar refractivity (Wildman–Crippen MR) is 69.5 cm³/mol. The smallest absolute Gasteiger partial charge is 0.335 e. The van der Waals surface area contributed by atoms with Crippen molar-refractivity contribution in [2.24, 2.45) is 11.3 Å². The fourth-order valence-corrected chi connectivity index (χ4v) is 2.87. The molecule has 4 heteroatoms. The van der Waals surface area contributed by atoms with Crippen LogP contribution in [0.5, 0.6) is 0 Å². The molecule has 0 spiro atoms. The van der Waals surface area contributed by atoms with Gasteiger partial charge in [-0.15, -0.1) is 0 Å². The second-order valence-corrected chi connectivity index (χ2v) is 5.85. The van der Waals surface area contributed by atoms with Gasteiger partial charge in [0.25, 0.3) is 0 Å². The summed E-state index contributed by atoms with van der Waals surface area (Å²) < 4.78 is 13.6.